The number of hydrogen-bond donors (Lipinski definition) is 0. The molecule has 0 aromatic carbocycles. The highest BCUT2D eigenvalue weighted by Crippen LogP contribution is 2.17. The Hall–Kier alpha value is -0.770. The first-order valence-corrected chi connectivity index (χ1v) is 4.97. The standard InChI is InChI=1S/C9H16N2O2/c1-2-3-10-4-5-11-8(6-10)7-13-9(11)12/h8H,2-7H2,1H3. The number of rotatable bonds is 2. The Morgan fingerprint density at radius 1 is 1.54 bits per heavy atom. The lowest BCUT2D eigenvalue weighted by Crippen LogP contribution is -2.52. The number of hydrogen-bond acceptors (Lipinski definition) is 3. The van der Waals surface area contributed by atoms with Gasteiger partial charge in [0.15, 0.2) is 0 Å². The monoisotopic (exact) mass is 184 g/mol. The van der Waals surface area contributed by atoms with Crippen LogP contribution in [0.2, 0.25) is 0 Å². The van der Waals surface area contributed by atoms with Crippen LogP contribution >= 0.6 is 0 Å². The summed E-state index contributed by atoms with van der Waals surface area (Å²) in [5.74, 6) is 0. The third-order valence-electron chi connectivity index (χ3n) is 2.74. The summed E-state index contributed by atoms with van der Waals surface area (Å²) in [5, 5.41) is 0. The number of carbonyl (C=O) groups excluding carboxylic acids is 1. The van der Waals surface area contributed by atoms with E-state index in [2.05, 4.69) is 11.8 Å². The fraction of sp³-hybridized carbons (Fsp3) is 0.889. The highest BCUT2D eigenvalue weighted by atomic mass is 16.6. The summed E-state index contributed by atoms with van der Waals surface area (Å²) in [7, 11) is 0. The number of ether oxygens (including phenoxy) is 1. The summed E-state index contributed by atoms with van der Waals surface area (Å²) in [4.78, 5) is 15.4. The van der Waals surface area contributed by atoms with Gasteiger partial charge in [-0.25, -0.2) is 4.79 Å². The van der Waals surface area contributed by atoms with Crippen molar-refractivity contribution in [3.63, 3.8) is 0 Å². The van der Waals surface area contributed by atoms with E-state index >= 15 is 0 Å². The summed E-state index contributed by atoms with van der Waals surface area (Å²) < 4.78 is 4.99. The molecular formula is C9H16N2O2. The molecule has 13 heavy (non-hydrogen) atoms. The van der Waals surface area contributed by atoms with E-state index in [1.54, 1.807) is 0 Å². The zero-order valence-electron chi connectivity index (χ0n) is 8.03. The second-order valence-corrected chi connectivity index (χ2v) is 3.72. The number of nitrogens with zero attached hydrogens (tertiary/aromatic N) is 2. The maximum Gasteiger partial charge on any atom is 0.410 e. The predicted octanol–water partition coefficient (Wildman–Crippen LogP) is 0.533. The van der Waals surface area contributed by atoms with Crippen molar-refractivity contribution >= 4 is 6.09 Å². The zero-order chi connectivity index (χ0) is 9.26. The Balaban J connectivity index is 1.91. The largest absolute Gasteiger partial charge is 0.447 e. The lowest BCUT2D eigenvalue weighted by molar-refractivity contribution is 0.120. The molecule has 0 N–H and O–H groups in total. The quantitative estimate of drug-likeness (QED) is 0.627. The average Bonchev–Trinajstić information content (AvgIpc) is 2.48. The lowest BCUT2D eigenvalue weighted by atomic mass is 10.2. The molecule has 2 heterocycles. The van der Waals surface area contributed by atoms with Crippen molar-refractivity contribution in [2.75, 3.05) is 32.8 Å². The van der Waals surface area contributed by atoms with Gasteiger partial charge < -0.3 is 4.74 Å². The molecule has 0 saturated carbocycles. The number of amides is 1. The molecule has 4 nitrogen and oxygen atoms in total. The van der Waals surface area contributed by atoms with Crippen LogP contribution in [-0.2, 0) is 4.74 Å². The fourth-order valence-corrected chi connectivity index (χ4v) is 2.07. The minimum Gasteiger partial charge on any atom is -0.447 e. The molecule has 2 aliphatic rings. The molecule has 2 aliphatic heterocycles. The molecule has 2 rings (SSSR count). The summed E-state index contributed by atoms with van der Waals surface area (Å²) >= 11 is 0. The van der Waals surface area contributed by atoms with E-state index in [0.29, 0.717) is 12.6 Å². The van der Waals surface area contributed by atoms with Gasteiger partial charge in [0.05, 0.1) is 6.04 Å². The second-order valence-electron chi connectivity index (χ2n) is 3.72. The number of fused-ring (bicyclic) bond motifs is 1. The fourth-order valence-electron chi connectivity index (χ4n) is 2.07. The predicted molar refractivity (Wildman–Crippen MR) is 48.6 cm³/mol. The molecule has 0 radical (unpaired) electrons. The molecule has 1 unspecified atom stereocenters. The van der Waals surface area contributed by atoms with Crippen molar-refractivity contribution in [3.8, 4) is 0 Å². The minimum atomic E-state index is -0.124. The minimum absolute atomic E-state index is 0.124. The van der Waals surface area contributed by atoms with E-state index in [9.17, 15) is 4.79 Å². The number of carbonyl (C=O) groups is 1. The van der Waals surface area contributed by atoms with E-state index in [1.807, 2.05) is 4.90 Å². The van der Waals surface area contributed by atoms with Crippen molar-refractivity contribution in [1.29, 1.82) is 0 Å². The number of cyclic esters (lactones) is 1. The second kappa shape index (κ2) is 3.54. The van der Waals surface area contributed by atoms with Gasteiger partial charge in [-0.05, 0) is 13.0 Å². The van der Waals surface area contributed by atoms with Crippen LogP contribution in [0.15, 0.2) is 0 Å². The van der Waals surface area contributed by atoms with Crippen LogP contribution in [0.4, 0.5) is 4.79 Å². The van der Waals surface area contributed by atoms with E-state index in [-0.39, 0.29) is 6.09 Å². The van der Waals surface area contributed by atoms with Gasteiger partial charge in [-0.3, -0.25) is 9.80 Å². The SMILES string of the molecule is CCCN1CCN2C(=O)OCC2C1. The first-order valence-electron chi connectivity index (χ1n) is 4.97. The van der Waals surface area contributed by atoms with Crippen molar-refractivity contribution in [2.24, 2.45) is 0 Å². The van der Waals surface area contributed by atoms with E-state index in [0.717, 1.165) is 26.2 Å². The molecule has 0 aromatic rings. The van der Waals surface area contributed by atoms with Gasteiger partial charge in [-0.1, -0.05) is 6.92 Å². The third-order valence-corrected chi connectivity index (χ3v) is 2.74. The first kappa shape index (κ1) is 8.81. The lowest BCUT2D eigenvalue weighted by Gasteiger charge is -2.35. The van der Waals surface area contributed by atoms with Gasteiger partial charge >= 0.3 is 6.09 Å². The highest BCUT2D eigenvalue weighted by molar-refractivity contribution is 5.70. The third kappa shape index (κ3) is 1.63. The Morgan fingerprint density at radius 2 is 2.38 bits per heavy atom. The van der Waals surface area contributed by atoms with Crippen LogP contribution in [0.5, 0.6) is 0 Å². The topological polar surface area (TPSA) is 32.8 Å². The molecule has 1 amide bonds. The van der Waals surface area contributed by atoms with Crippen LogP contribution in [0.3, 0.4) is 0 Å². The maximum atomic E-state index is 11.2. The molecule has 2 saturated heterocycles. The van der Waals surface area contributed by atoms with Crippen LogP contribution in [0.1, 0.15) is 13.3 Å². The molecule has 1 atom stereocenters. The normalized spacial score (nSPS) is 28.8. The smallest absolute Gasteiger partial charge is 0.410 e. The summed E-state index contributed by atoms with van der Waals surface area (Å²) in [5.41, 5.74) is 0. The van der Waals surface area contributed by atoms with Crippen molar-refractivity contribution < 1.29 is 9.53 Å². The van der Waals surface area contributed by atoms with Gasteiger partial charge in [0.1, 0.15) is 6.61 Å². The van der Waals surface area contributed by atoms with E-state index < -0.39 is 0 Å². The van der Waals surface area contributed by atoms with Gasteiger partial charge in [-0.15, -0.1) is 0 Å². The van der Waals surface area contributed by atoms with Crippen LogP contribution in [0, 0.1) is 0 Å². The highest BCUT2D eigenvalue weighted by Gasteiger charge is 2.36. The maximum absolute atomic E-state index is 11.2. The molecule has 4 heteroatoms. The first-order chi connectivity index (χ1) is 6.31. The van der Waals surface area contributed by atoms with Gasteiger partial charge in [0.2, 0.25) is 0 Å². The van der Waals surface area contributed by atoms with Gasteiger partial charge in [0, 0.05) is 19.6 Å². The van der Waals surface area contributed by atoms with Crippen LogP contribution in [-0.4, -0.2) is 54.7 Å². The Bertz CT molecular complexity index is 208. The zero-order valence-corrected chi connectivity index (χ0v) is 8.03. The van der Waals surface area contributed by atoms with Crippen molar-refractivity contribution in [1.82, 2.24) is 9.80 Å². The summed E-state index contributed by atoms with van der Waals surface area (Å²) in [6.45, 7) is 6.72. The summed E-state index contributed by atoms with van der Waals surface area (Å²) in [6.07, 6.45) is 1.06. The van der Waals surface area contributed by atoms with Crippen LogP contribution < -0.4 is 0 Å². The molecule has 0 aliphatic carbocycles. The number of piperazine rings is 1. The Morgan fingerprint density at radius 3 is 3.15 bits per heavy atom. The van der Waals surface area contributed by atoms with Crippen molar-refractivity contribution in [3.05, 3.63) is 0 Å². The molecule has 0 aromatic heterocycles. The molecular weight excluding hydrogens is 168 g/mol. The van der Waals surface area contributed by atoms with Gasteiger partial charge in [0.25, 0.3) is 0 Å². The van der Waals surface area contributed by atoms with E-state index in [4.69, 9.17) is 4.74 Å². The molecule has 74 valence electrons. The Labute approximate surface area is 78.4 Å². The molecule has 0 spiro atoms. The molecule has 0 bridgehead atoms. The Kier molecular flexibility index (Phi) is 2.40. The van der Waals surface area contributed by atoms with Crippen LogP contribution in [0.25, 0.3) is 0 Å². The van der Waals surface area contributed by atoms with E-state index in [1.165, 1.54) is 6.42 Å². The molecule has 2 fully saturated rings. The average molecular weight is 184 g/mol. The summed E-state index contributed by atoms with van der Waals surface area (Å²) in [6, 6.07) is 0.313. The van der Waals surface area contributed by atoms with Gasteiger partial charge in [-0.2, -0.15) is 0 Å². The van der Waals surface area contributed by atoms with Crippen molar-refractivity contribution in [2.45, 2.75) is 19.4 Å².